The number of amides is 2. The third-order valence-electron chi connectivity index (χ3n) is 3.85. The number of nitrogens with one attached hydrogen (secondary N) is 1. The SMILES string of the molecule is CN1C(=O)C(Cc2ccc(Cl)cc2)NC(=O)c2cc(Cl)ccc21. The fourth-order valence-corrected chi connectivity index (χ4v) is 2.93. The first-order valence-electron chi connectivity index (χ1n) is 7.08. The van der Waals surface area contributed by atoms with Gasteiger partial charge in [-0.1, -0.05) is 35.3 Å². The lowest BCUT2D eigenvalue weighted by Gasteiger charge is -2.21. The standard InChI is InChI=1S/C17H14Cl2N2O2/c1-21-15-7-6-12(19)9-13(15)16(22)20-14(17(21)23)8-10-2-4-11(18)5-3-10/h2-7,9,14H,8H2,1H3,(H,20,22). The summed E-state index contributed by atoms with van der Waals surface area (Å²) >= 11 is 11.8. The molecule has 2 aromatic rings. The lowest BCUT2D eigenvalue weighted by Crippen LogP contribution is -2.45. The summed E-state index contributed by atoms with van der Waals surface area (Å²) in [6.07, 6.45) is 0.397. The molecule has 118 valence electrons. The number of benzene rings is 2. The molecule has 0 aromatic heterocycles. The number of carbonyl (C=O) groups excluding carboxylic acids is 2. The highest BCUT2D eigenvalue weighted by molar-refractivity contribution is 6.31. The van der Waals surface area contributed by atoms with Gasteiger partial charge in [-0.15, -0.1) is 0 Å². The third-order valence-corrected chi connectivity index (χ3v) is 4.34. The van der Waals surface area contributed by atoms with Gasteiger partial charge in [-0.05, 0) is 35.9 Å². The molecule has 0 saturated heterocycles. The van der Waals surface area contributed by atoms with E-state index in [2.05, 4.69) is 5.32 Å². The maximum Gasteiger partial charge on any atom is 0.254 e. The van der Waals surface area contributed by atoms with Crippen molar-refractivity contribution >= 4 is 40.7 Å². The lowest BCUT2D eigenvalue weighted by atomic mass is 10.1. The van der Waals surface area contributed by atoms with E-state index in [4.69, 9.17) is 23.2 Å². The van der Waals surface area contributed by atoms with Crippen molar-refractivity contribution in [3.05, 3.63) is 63.6 Å². The molecule has 23 heavy (non-hydrogen) atoms. The Kier molecular flexibility index (Phi) is 4.28. The highest BCUT2D eigenvalue weighted by atomic mass is 35.5. The van der Waals surface area contributed by atoms with Gasteiger partial charge in [0.15, 0.2) is 0 Å². The Labute approximate surface area is 144 Å². The Bertz CT molecular complexity index is 775. The van der Waals surface area contributed by atoms with Crippen LogP contribution < -0.4 is 10.2 Å². The smallest absolute Gasteiger partial charge is 0.254 e. The second-order valence-corrected chi connectivity index (χ2v) is 6.29. The third kappa shape index (κ3) is 3.19. The molecule has 6 heteroatoms. The van der Waals surface area contributed by atoms with Crippen LogP contribution in [0.3, 0.4) is 0 Å². The van der Waals surface area contributed by atoms with E-state index < -0.39 is 6.04 Å². The van der Waals surface area contributed by atoms with Crippen molar-refractivity contribution in [3.8, 4) is 0 Å². The minimum atomic E-state index is -0.639. The van der Waals surface area contributed by atoms with Crippen molar-refractivity contribution in [2.24, 2.45) is 0 Å². The van der Waals surface area contributed by atoms with E-state index in [1.165, 1.54) is 4.90 Å². The maximum absolute atomic E-state index is 12.7. The number of hydrogen-bond acceptors (Lipinski definition) is 2. The van der Waals surface area contributed by atoms with Crippen molar-refractivity contribution in [1.29, 1.82) is 0 Å². The Morgan fingerprint density at radius 2 is 1.70 bits per heavy atom. The second kappa shape index (κ2) is 6.22. The number of nitrogens with zero attached hydrogens (tertiary/aromatic N) is 1. The van der Waals surface area contributed by atoms with Crippen molar-refractivity contribution in [2.75, 3.05) is 11.9 Å². The predicted octanol–water partition coefficient (Wildman–Crippen LogP) is 3.31. The number of anilines is 1. The van der Waals surface area contributed by atoms with Gasteiger partial charge < -0.3 is 10.2 Å². The molecule has 1 N–H and O–H groups in total. The van der Waals surface area contributed by atoms with E-state index in [9.17, 15) is 9.59 Å². The first kappa shape index (κ1) is 15.8. The molecule has 1 atom stereocenters. The van der Waals surface area contributed by atoms with Gasteiger partial charge in [0.2, 0.25) is 5.91 Å². The minimum Gasteiger partial charge on any atom is -0.340 e. The van der Waals surface area contributed by atoms with Gasteiger partial charge >= 0.3 is 0 Å². The van der Waals surface area contributed by atoms with Crippen molar-refractivity contribution in [1.82, 2.24) is 5.32 Å². The Balaban J connectivity index is 1.92. The molecule has 0 bridgehead atoms. The summed E-state index contributed by atoms with van der Waals surface area (Å²) in [5, 5.41) is 3.87. The summed E-state index contributed by atoms with van der Waals surface area (Å²) in [6, 6.07) is 11.5. The van der Waals surface area contributed by atoms with Crippen molar-refractivity contribution in [3.63, 3.8) is 0 Å². The van der Waals surface area contributed by atoms with Crippen molar-refractivity contribution < 1.29 is 9.59 Å². The summed E-state index contributed by atoms with van der Waals surface area (Å²) in [6.45, 7) is 0. The lowest BCUT2D eigenvalue weighted by molar-refractivity contribution is -0.120. The highest BCUT2D eigenvalue weighted by Crippen LogP contribution is 2.27. The van der Waals surface area contributed by atoms with E-state index in [1.54, 1.807) is 37.4 Å². The number of likely N-dealkylation sites (N-methyl/N-ethyl adjacent to an activating group) is 1. The van der Waals surface area contributed by atoms with Crippen LogP contribution in [0, 0.1) is 0 Å². The number of carbonyl (C=O) groups is 2. The number of halogens is 2. The number of hydrogen-bond donors (Lipinski definition) is 1. The topological polar surface area (TPSA) is 49.4 Å². The van der Waals surface area contributed by atoms with E-state index in [1.807, 2.05) is 12.1 Å². The average Bonchev–Trinajstić information content (AvgIpc) is 2.61. The summed E-state index contributed by atoms with van der Waals surface area (Å²) in [4.78, 5) is 26.6. The molecule has 1 aliphatic rings. The molecular weight excluding hydrogens is 335 g/mol. The van der Waals surface area contributed by atoms with Crippen LogP contribution in [0.15, 0.2) is 42.5 Å². The molecule has 2 amide bonds. The minimum absolute atomic E-state index is 0.172. The molecule has 1 aliphatic heterocycles. The van der Waals surface area contributed by atoms with E-state index >= 15 is 0 Å². The van der Waals surface area contributed by atoms with Crippen LogP contribution >= 0.6 is 23.2 Å². The molecule has 1 unspecified atom stereocenters. The summed E-state index contributed by atoms with van der Waals surface area (Å²) in [5.41, 5.74) is 1.87. The zero-order valence-electron chi connectivity index (χ0n) is 12.3. The van der Waals surface area contributed by atoms with Crippen molar-refractivity contribution in [2.45, 2.75) is 12.5 Å². The maximum atomic E-state index is 12.7. The molecule has 1 heterocycles. The van der Waals surface area contributed by atoms with Crippen LogP contribution in [0.5, 0.6) is 0 Å². The van der Waals surface area contributed by atoms with Gasteiger partial charge in [0, 0.05) is 23.5 Å². The van der Waals surface area contributed by atoms with Gasteiger partial charge in [-0.25, -0.2) is 0 Å². The predicted molar refractivity (Wildman–Crippen MR) is 91.3 cm³/mol. The monoisotopic (exact) mass is 348 g/mol. The van der Waals surface area contributed by atoms with Crippen LogP contribution in [0.1, 0.15) is 15.9 Å². The largest absolute Gasteiger partial charge is 0.340 e. The van der Waals surface area contributed by atoms with Gasteiger partial charge in [-0.3, -0.25) is 9.59 Å². The number of rotatable bonds is 2. The van der Waals surface area contributed by atoms with Crippen LogP contribution in [0.25, 0.3) is 0 Å². The zero-order chi connectivity index (χ0) is 16.6. The molecule has 0 fully saturated rings. The van der Waals surface area contributed by atoms with Crippen LogP contribution in [-0.2, 0) is 11.2 Å². The molecular formula is C17H14Cl2N2O2. The quantitative estimate of drug-likeness (QED) is 0.904. The zero-order valence-corrected chi connectivity index (χ0v) is 13.9. The second-order valence-electron chi connectivity index (χ2n) is 5.42. The van der Waals surface area contributed by atoms with E-state index in [0.717, 1.165) is 5.56 Å². The van der Waals surface area contributed by atoms with Gasteiger partial charge in [0.25, 0.3) is 5.91 Å². The summed E-state index contributed by atoms with van der Waals surface area (Å²) in [7, 11) is 1.66. The van der Waals surface area contributed by atoms with Crippen LogP contribution in [-0.4, -0.2) is 24.9 Å². The molecule has 4 nitrogen and oxygen atoms in total. The summed E-state index contributed by atoms with van der Waals surface area (Å²) < 4.78 is 0. The number of fused-ring (bicyclic) bond motifs is 1. The normalized spacial score (nSPS) is 17.5. The Morgan fingerprint density at radius 3 is 2.39 bits per heavy atom. The Hall–Kier alpha value is -2.04. The van der Waals surface area contributed by atoms with E-state index in [0.29, 0.717) is 27.7 Å². The fourth-order valence-electron chi connectivity index (χ4n) is 2.63. The molecule has 0 spiro atoms. The van der Waals surface area contributed by atoms with Gasteiger partial charge in [0.05, 0.1) is 11.3 Å². The van der Waals surface area contributed by atoms with Crippen LogP contribution in [0.2, 0.25) is 10.0 Å². The molecule has 3 rings (SSSR count). The first-order valence-corrected chi connectivity index (χ1v) is 7.84. The molecule has 0 aliphatic carbocycles. The molecule has 0 radical (unpaired) electrons. The molecule has 2 aromatic carbocycles. The van der Waals surface area contributed by atoms with Crippen LogP contribution in [0.4, 0.5) is 5.69 Å². The van der Waals surface area contributed by atoms with E-state index in [-0.39, 0.29) is 11.8 Å². The highest BCUT2D eigenvalue weighted by Gasteiger charge is 2.31. The average molecular weight is 349 g/mol. The van der Waals surface area contributed by atoms with Gasteiger partial charge in [0.1, 0.15) is 6.04 Å². The molecule has 0 saturated carbocycles. The Morgan fingerprint density at radius 1 is 1.04 bits per heavy atom. The van der Waals surface area contributed by atoms with Gasteiger partial charge in [-0.2, -0.15) is 0 Å². The summed E-state index contributed by atoms with van der Waals surface area (Å²) in [5.74, 6) is -0.478. The fraction of sp³-hybridized carbons (Fsp3) is 0.176. The first-order chi connectivity index (χ1) is 11.0.